The zero-order valence-electron chi connectivity index (χ0n) is 21.8. The third kappa shape index (κ3) is 4.71. The molecule has 1 aliphatic heterocycles. The van der Waals surface area contributed by atoms with Crippen molar-refractivity contribution in [2.75, 3.05) is 18.4 Å². The number of hydrogen-bond acceptors (Lipinski definition) is 6. The summed E-state index contributed by atoms with van der Waals surface area (Å²) in [7, 11) is 0. The Morgan fingerprint density at radius 1 is 0.900 bits per heavy atom. The van der Waals surface area contributed by atoms with E-state index in [1.54, 1.807) is 12.4 Å². The van der Waals surface area contributed by atoms with Crippen molar-refractivity contribution in [2.45, 2.75) is 19.3 Å². The fourth-order valence-corrected chi connectivity index (χ4v) is 5.53. The second-order valence-corrected chi connectivity index (χ2v) is 10.3. The van der Waals surface area contributed by atoms with Gasteiger partial charge in [-0.05, 0) is 73.8 Å². The molecule has 1 aromatic carbocycles. The molecule has 1 amide bonds. The molecule has 9 nitrogen and oxygen atoms in total. The number of anilines is 1. The molecule has 198 valence electrons. The van der Waals surface area contributed by atoms with Crippen LogP contribution in [0, 0.1) is 5.92 Å². The summed E-state index contributed by atoms with van der Waals surface area (Å²) in [4.78, 5) is 29.5. The number of carbonyl (C=O) groups is 1. The maximum absolute atomic E-state index is 12.7. The molecule has 0 radical (unpaired) electrons. The van der Waals surface area contributed by atoms with Crippen LogP contribution in [0.5, 0.6) is 0 Å². The topological polar surface area (TPSA) is 124 Å². The molecule has 1 fully saturated rings. The van der Waals surface area contributed by atoms with E-state index >= 15 is 0 Å². The molecule has 0 spiro atoms. The molecule has 1 saturated heterocycles. The van der Waals surface area contributed by atoms with Crippen LogP contribution in [0.1, 0.15) is 19.3 Å². The number of nitrogens with zero attached hydrogens (tertiary/aromatic N) is 4. The van der Waals surface area contributed by atoms with Crippen molar-refractivity contribution in [3.8, 4) is 33.8 Å². The zero-order valence-corrected chi connectivity index (χ0v) is 21.8. The minimum absolute atomic E-state index is 0.0387. The van der Waals surface area contributed by atoms with Gasteiger partial charge in [0, 0.05) is 46.9 Å². The molecule has 1 aliphatic rings. The summed E-state index contributed by atoms with van der Waals surface area (Å²) >= 11 is 0. The van der Waals surface area contributed by atoms with E-state index in [9.17, 15) is 4.79 Å². The number of carbonyl (C=O) groups excluding carboxylic acids is 1. The highest BCUT2D eigenvalue weighted by molar-refractivity contribution is 6.01. The van der Waals surface area contributed by atoms with Crippen molar-refractivity contribution in [2.24, 2.45) is 5.92 Å². The lowest BCUT2D eigenvalue weighted by Crippen LogP contribution is -2.30. The molecular weight excluding hydrogens is 500 g/mol. The Kier molecular flexibility index (Phi) is 6.25. The lowest BCUT2D eigenvalue weighted by atomic mass is 9.94. The molecule has 9 heteroatoms. The molecule has 6 aromatic rings. The second-order valence-electron chi connectivity index (χ2n) is 10.3. The van der Waals surface area contributed by atoms with E-state index in [0.29, 0.717) is 18.0 Å². The van der Waals surface area contributed by atoms with Crippen molar-refractivity contribution in [1.29, 1.82) is 0 Å². The van der Waals surface area contributed by atoms with Gasteiger partial charge in [-0.1, -0.05) is 12.1 Å². The molecule has 0 aliphatic carbocycles. The van der Waals surface area contributed by atoms with E-state index in [-0.39, 0.29) is 5.91 Å². The average Bonchev–Trinajstić information content (AvgIpc) is 3.62. The molecule has 40 heavy (non-hydrogen) atoms. The van der Waals surface area contributed by atoms with Crippen LogP contribution in [0.2, 0.25) is 0 Å². The summed E-state index contributed by atoms with van der Waals surface area (Å²) in [5.41, 5.74) is 8.01. The smallest absolute Gasteiger partial charge is 0.224 e. The standard InChI is InChI=1S/C31H28N8O/c40-30(11-19-6-9-32-10-7-19)36-22-12-21(15-33-16-22)20-4-5-27-24(13-20)31(39-38-27)28-14-23-25(17-34-18-29(23)37-28)26-3-1-2-8-35-26/h1-5,8,12-19,32,37H,6-7,9-11H2,(H,36,40)(H,38,39). The first kappa shape index (κ1) is 24.2. The molecule has 0 saturated carbocycles. The van der Waals surface area contributed by atoms with E-state index in [2.05, 4.69) is 52.9 Å². The summed E-state index contributed by atoms with van der Waals surface area (Å²) < 4.78 is 0. The first-order valence-corrected chi connectivity index (χ1v) is 13.5. The molecule has 4 N–H and O–H groups in total. The molecule has 0 bridgehead atoms. The molecular formula is C31H28N8O. The number of benzene rings is 1. The van der Waals surface area contributed by atoms with E-state index in [1.165, 1.54) is 0 Å². The fraction of sp³-hybridized carbons (Fsp3) is 0.194. The van der Waals surface area contributed by atoms with Crippen LogP contribution in [0.3, 0.4) is 0 Å². The summed E-state index contributed by atoms with van der Waals surface area (Å²) in [6, 6.07) is 16.1. The summed E-state index contributed by atoms with van der Waals surface area (Å²) in [5, 5.41) is 16.2. The third-order valence-electron chi connectivity index (χ3n) is 7.59. The number of aromatic amines is 2. The quantitative estimate of drug-likeness (QED) is 0.224. The highest BCUT2D eigenvalue weighted by atomic mass is 16.1. The van der Waals surface area contributed by atoms with Crippen LogP contribution in [-0.4, -0.2) is 49.1 Å². The van der Waals surface area contributed by atoms with Crippen LogP contribution in [-0.2, 0) is 4.79 Å². The highest BCUT2D eigenvalue weighted by Gasteiger charge is 2.18. The van der Waals surface area contributed by atoms with Crippen molar-refractivity contribution < 1.29 is 4.79 Å². The Morgan fingerprint density at radius 2 is 1.80 bits per heavy atom. The normalized spacial score (nSPS) is 14.1. The molecule has 5 aromatic heterocycles. The van der Waals surface area contributed by atoms with Crippen LogP contribution >= 0.6 is 0 Å². The van der Waals surface area contributed by atoms with E-state index < -0.39 is 0 Å². The Balaban J connectivity index is 1.19. The van der Waals surface area contributed by atoms with Crippen LogP contribution < -0.4 is 10.6 Å². The summed E-state index contributed by atoms with van der Waals surface area (Å²) in [6.45, 7) is 1.96. The zero-order chi connectivity index (χ0) is 26.9. The van der Waals surface area contributed by atoms with Gasteiger partial charge in [-0.25, -0.2) is 0 Å². The Morgan fingerprint density at radius 3 is 2.67 bits per heavy atom. The number of piperidine rings is 1. The predicted molar refractivity (Wildman–Crippen MR) is 156 cm³/mol. The summed E-state index contributed by atoms with van der Waals surface area (Å²) in [5.74, 6) is 0.469. The number of hydrogen-bond donors (Lipinski definition) is 4. The van der Waals surface area contributed by atoms with Crippen molar-refractivity contribution in [1.82, 2.24) is 35.5 Å². The van der Waals surface area contributed by atoms with Gasteiger partial charge in [0.25, 0.3) is 0 Å². The van der Waals surface area contributed by atoms with E-state index in [4.69, 9.17) is 0 Å². The number of nitrogens with one attached hydrogen (secondary N) is 4. The largest absolute Gasteiger partial charge is 0.352 e. The van der Waals surface area contributed by atoms with Crippen molar-refractivity contribution >= 4 is 33.4 Å². The molecule has 6 heterocycles. The average molecular weight is 529 g/mol. The molecule has 0 atom stereocenters. The maximum Gasteiger partial charge on any atom is 0.224 e. The minimum atomic E-state index is 0.0387. The predicted octanol–water partition coefficient (Wildman–Crippen LogP) is 5.56. The second kappa shape index (κ2) is 10.3. The number of pyridine rings is 3. The fourth-order valence-electron chi connectivity index (χ4n) is 5.53. The van der Waals surface area contributed by atoms with Gasteiger partial charge in [0.15, 0.2) is 0 Å². The molecule has 0 unspecified atom stereocenters. The number of H-pyrrole nitrogens is 2. The van der Waals surface area contributed by atoms with Gasteiger partial charge in [0.1, 0.15) is 5.69 Å². The van der Waals surface area contributed by atoms with Gasteiger partial charge >= 0.3 is 0 Å². The van der Waals surface area contributed by atoms with E-state index in [0.717, 1.165) is 81.5 Å². The van der Waals surface area contributed by atoms with Crippen LogP contribution in [0.25, 0.3) is 55.6 Å². The number of rotatable bonds is 6. The lowest BCUT2D eigenvalue weighted by molar-refractivity contribution is -0.117. The van der Waals surface area contributed by atoms with Crippen LogP contribution in [0.4, 0.5) is 5.69 Å². The summed E-state index contributed by atoms with van der Waals surface area (Å²) in [6.07, 6.45) is 11.6. The number of amides is 1. The van der Waals surface area contributed by atoms with Crippen LogP contribution in [0.15, 0.2) is 79.5 Å². The first-order chi connectivity index (χ1) is 19.7. The number of aromatic nitrogens is 6. The van der Waals surface area contributed by atoms with Gasteiger partial charge < -0.3 is 15.6 Å². The molecule has 7 rings (SSSR count). The highest BCUT2D eigenvalue weighted by Crippen LogP contribution is 2.34. The SMILES string of the molecule is O=C(CC1CCNCC1)Nc1cncc(-c2ccc3[nH]nc(-c4cc5c(-c6ccccn6)cncc5[nH]4)c3c2)c1. The van der Waals surface area contributed by atoms with Crippen molar-refractivity contribution in [3.63, 3.8) is 0 Å². The van der Waals surface area contributed by atoms with Gasteiger partial charge in [0.05, 0.1) is 40.5 Å². The minimum Gasteiger partial charge on any atom is -0.352 e. The van der Waals surface area contributed by atoms with E-state index in [1.807, 2.05) is 55.0 Å². The van der Waals surface area contributed by atoms with Gasteiger partial charge in [-0.3, -0.25) is 24.8 Å². The Labute approximate surface area is 230 Å². The lowest BCUT2D eigenvalue weighted by Gasteiger charge is -2.21. The van der Waals surface area contributed by atoms with Gasteiger partial charge in [0.2, 0.25) is 5.91 Å². The van der Waals surface area contributed by atoms with Gasteiger partial charge in [-0.2, -0.15) is 5.10 Å². The van der Waals surface area contributed by atoms with Crippen molar-refractivity contribution in [3.05, 3.63) is 79.5 Å². The monoisotopic (exact) mass is 528 g/mol. The Hall–Kier alpha value is -4.89. The Bertz CT molecular complexity index is 1820. The van der Waals surface area contributed by atoms with Gasteiger partial charge in [-0.15, -0.1) is 0 Å². The third-order valence-corrected chi connectivity index (χ3v) is 7.59. The number of fused-ring (bicyclic) bond motifs is 2. The maximum atomic E-state index is 12.7. The first-order valence-electron chi connectivity index (χ1n) is 13.5.